The standard InChI is InChI=1S/C7H13N3O3/c1-6(11)13-7-4-10(5-9-8)2-3-12-7/h5,7H,2-4,8H2,1H3/b9-5+. The molecule has 13 heavy (non-hydrogen) atoms. The Labute approximate surface area is 76.3 Å². The summed E-state index contributed by atoms with van der Waals surface area (Å²) in [6.45, 7) is 3.03. The van der Waals surface area contributed by atoms with Crippen LogP contribution >= 0.6 is 0 Å². The second kappa shape index (κ2) is 4.66. The number of nitrogens with zero attached hydrogens (tertiary/aromatic N) is 2. The lowest BCUT2D eigenvalue weighted by molar-refractivity contribution is -0.187. The summed E-state index contributed by atoms with van der Waals surface area (Å²) in [6.07, 6.45) is 0.989. The number of ether oxygens (including phenoxy) is 2. The number of rotatable bonds is 2. The first-order valence-corrected chi connectivity index (χ1v) is 3.98. The number of morpholine rings is 1. The van der Waals surface area contributed by atoms with E-state index >= 15 is 0 Å². The molecule has 74 valence electrons. The molecule has 1 heterocycles. The minimum absolute atomic E-state index is 0.350. The van der Waals surface area contributed by atoms with Gasteiger partial charge in [-0.2, -0.15) is 5.10 Å². The maximum atomic E-state index is 10.6. The van der Waals surface area contributed by atoms with Gasteiger partial charge in [-0.3, -0.25) is 4.79 Å². The van der Waals surface area contributed by atoms with Gasteiger partial charge >= 0.3 is 5.97 Å². The number of nitrogens with two attached hydrogens (primary N) is 1. The van der Waals surface area contributed by atoms with E-state index in [1.54, 1.807) is 0 Å². The molecular formula is C7H13N3O3. The number of hydrogen-bond acceptors (Lipinski definition) is 5. The molecule has 6 heteroatoms. The van der Waals surface area contributed by atoms with Crippen molar-refractivity contribution >= 4 is 12.3 Å². The molecule has 0 aromatic heterocycles. The minimum Gasteiger partial charge on any atom is -0.434 e. The van der Waals surface area contributed by atoms with Gasteiger partial charge in [0.15, 0.2) is 0 Å². The first-order valence-electron chi connectivity index (χ1n) is 3.98. The number of carbonyl (C=O) groups is 1. The predicted octanol–water partition coefficient (Wildman–Crippen LogP) is -0.890. The van der Waals surface area contributed by atoms with E-state index in [9.17, 15) is 4.79 Å². The lowest BCUT2D eigenvalue weighted by atomic mass is 10.4. The highest BCUT2D eigenvalue weighted by atomic mass is 16.7. The summed E-state index contributed by atoms with van der Waals surface area (Å²) in [5.41, 5.74) is 0. The van der Waals surface area contributed by atoms with E-state index < -0.39 is 6.29 Å². The third-order valence-electron chi connectivity index (χ3n) is 1.59. The molecule has 0 spiro atoms. The molecule has 1 rings (SSSR count). The molecule has 1 fully saturated rings. The van der Waals surface area contributed by atoms with Crippen molar-refractivity contribution in [3.8, 4) is 0 Å². The Hall–Kier alpha value is -1.30. The van der Waals surface area contributed by atoms with Crippen LogP contribution in [0.2, 0.25) is 0 Å². The number of hydrogen-bond donors (Lipinski definition) is 1. The van der Waals surface area contributed by atoms with Crippen molar-refractivity contribution < 1.29 is 14.3 Å². The van der Waals surface area contributed by atoms with Gasteiger partial charge < -0.3 is 20.2 Å². The molecule has 1 aliphatic heterocycles. The zero-order valence-electron chi connectivity index (χ0n) is 7.47. The quantitative estimate of drug-likeness (QED) is 0.199. The van der Waals surface area contributed by atoms with E-state index in [4.69, 9.17) is 15.3 Å². The molecule has 1 aliphatic rings. The molecule has 0 amide bonds. The van der Waals surface area contributed by atoms with E-state index in [0.29, 0.717) is 19.7 Å². The van der Waals surface area contributed by atoms with Crippen LogP contribution in [0.25, 0.3) is 0 Å². The van der Waals surface area contributed by atoms with Gasteiger partial charge in [-0.15, -0.1) is 0 Å². The van der Waals surface area contributed by atoms with Gasteiger partial charge in [-0.1, -0.05) is 0 Å². The molecule has 6 nitrogen and oxygen atoms in total. The second-order valence-electron chi connectivity index (χ2n) is 2.67. The van der Waals surface area contributed by atoms with Crippen molar-refractivity contribution in [2.24, 2.45) is 10.9 Å². The summed E-state index contributed by atoms with van der Waals surface area (Å²) in [5, 5.41) is 3.38. The summed E-state index contributed by atoms with van der Waals surface area (Å²) in [7, 11) is 0. The van der Waals surface area contributed by atoms with Crippen molar-refractivity contribution in [3.63, 3.8) is 0 Å². The van der Waals surface area contributed by atoms with Gasteiger partial charge in [0.25, 0.3) is 0 Å². The van der Waals surface area contributed by atoms with Crippen LogP contribution in [0, 0.1) is 0 Å². The minimum atomic E-state index is -0.510. The summed E-state index contributed by atoms with van der Waals surface area (Å²) >= 11 is 0. The Morgan fingerprint density at radius 1 is 1.85 bits per heavy atom. The molecule has 0 aromatic rings. The van der Waals surface area contributed by atoms with Gasteiger partial charge in [-0.05, 0) is 0 Å². The van der Waals surface area contributed by atoms with Crippen LogP contribution in [0.3, 0.4) is 0 Å². The van der Waals surface area contributed by atoms with Crippen LogP contribution in [-0.4, -0.2) is 43.2 Å². The number of hydrazone groups is 1. The van der Waals surface area contributed by atoms with Crippen LogP contribution in [0.15, 0.2) is 5.10 Å². The summed E-state index contributed by atoms with van der Waals surface area (Å²) in [5.74, 6) is 4.63. The van der Waals surface area contributed by atoms with Crippen molar-refractivity contribution in [3.05, 3.63) is 0 Å². The van der Waals surface area contributed by atoms with Crippen LogP contribution in [0.5, 0.6) is 0 Å². The Kier molecular flexibility index (Phi) is 3.51. The predicted molar refractivity (Wildman–Crippen MR) is 45.8 cm³/mol. The third-order valence-corrected chi connectivity index (χ3v) is 1.59. The molecule has 0 bridgehead atoms. The van der Waals surface area contributed by atoms with E-state index in [1.165, 1.54) is 13.3 Å². The molecule has 1 saturated heterocycles. The largest absolute Gasteiger partial charge is 0.434 e. The Bertz CT molecular complexity index is 207. The Morgan fingerprint density at radius 3 is 3.23 bits per heavy atom. The van der Waals surface area contributed by atoms with Gasteiger partial charge in [0.2, 0.25) is 6.29 Å². The summed E-state index contributed by atoms with van der Waals surface area (Å²) in [4.78, 5) is 12.4. The van der Waals surface area contributed by atoms with E-state index in [2.05, 4.69) is 5.10 Å². The average molecular weight is 187 g/mol. The van der Waals surface area contributed by atoms with E-state index in [0.717, 1.165) is 0 Å². The zero-order valence-corrected chi connectivity index (χ0v) is 7.47. The van der Waals surface area contributed by atoms with Crippen molar-refractivity contribution in [2.75, 3.05) is 19.7 Å². The molecule has 0 radical (unpaired) electrons. The molecule has 1 atom stereocenters. The smallest absolute Gasteiger partial charge is 0.305 e. The molecule has 0 saturated carbocycles. The molecular weight excluding hydrogens is 174 g/mol. The van der Waals surface area contributed by atoms with Crippen molar-refractivity contribution in [2.45, 2.75) is 13.2 Å². The normalized spacial score (nSPS) is 23.5. The second-order valence-corrected chi connectivity index (χ2v) is 2.67. The third kappa shape index (κ3) is 3.29. The highest BCUT2D eigenvalue weighted by Crippen LogP contribution is 2.04. The number of carbonyl (C=O) groups excluding carboxylic acids is 1. The fourth-order valence-electron chi connectivity index (χ4n) is 1.09. The van der Waals surface area contributed by atoms with Gasteiger partial charge in [0, 0.05) is 13.5 Å². The van der Waals surface area contributed by atoms with Crippen LogP contribution in [0.1, 0.15) is 6.92 Å². The fourth-order valence-corrected chi connectivity index (χ4v) is 1.09. The first-order chi connectivity index (χ1) is 6.22. The lowest BCUT2D eigenvalue weighted by Crippen LogP contribution is -2.43. The van der Waals surface area contributed by atoms with E-state index in [1.807, 2.05) is 4.90 Å². The lowest BCUT2D eigenvalue weighted by Gasteiger charge is -2.30. The summed E-state index contributed by atoms with van der Waals surface area (Å²) < 4.78 is 10.0. The van der Waals surface area contributed by atoms with E-state index in [-0.39, 0.29) is 5.97 Å². The zero-order chi connectivity index (χ0) is 9.68. The molecule has 0 aliphatic carbocycles. The maximum absolute atomic E-state index is 10.6. The van der Waals surface area contributed by atoms with Crippen molar-refractivity contribution in [1.29, 1.82) is 0 Å². The van der Waals surface area contributed by atoms with Gasteiger partial charge in [0.1, 0.15) is 6.34 Å². The van der Waals surface area contributed by atoms with Crippen molar-refractivity contribution in [1.82, 2.24) is 4.90 Å². The SMILES string of the molecule is CC(=O)OC1CN(/C=N/N)CCO1. The maximum Gasteiger partial charge on any atom is 0.305 e. The van der Waals surface area contributed by atoms with Gasteiger partial charge in [-0.25, -0.2) is 0 Å². The molecule has 2 N–H and O–H groups in total. The van der Waals surface area contributed by atoms with Crippen LogP contribution in [0.4, 0.5) is 0 Å². The fraction of sp³-hybridized carbons (Fsp3) is 0.714. The highest BCUT2D eigenvalue weighted by molar-refractivity contribution is 5.66. The molecule has 1 unspecified atom stereocenters. The van der Waals surface area contributed by atoms with Crippen LogP contribution < -0.4 is 5.84 Å². The Balaban J connectivity index is 2.37. The Morgan fingerprint density at radius 2 is 2.62 bits per heavy atom. The van der Waals surface area contributed by atoms with Crippen LogP contribution in [-0.2, 0) is 14.3 Å². The highest BCUT2D eigenvalue weighted by Gasteiger charge is 2.20. The molecule has 0 aromatic carbocycles. The topological polar surface area (TPSA) is 77.2 Å². The average Bonchev–Trinajstić information content (AvgIpc) is 2.04. The first kappa shape index (κ1) is 9.79. The monoisotopic (exact) mass is 187 g/mol. The van der Waals surface area contributed by atoms with Gasteiger partial charge in [0.05, 0.1) is 13.2 Å². The number of esters is 1. The summed E-state index contributed by atoms with van der Waals surface area (Å²) in [6, 6.07) is 0.